The van der Waals surface area contributed by atoms with Crippen LogP contribution in [0.15, 0.2) is 34.2 Å². The summed E-state index contributed by atoms with van der Waals surface area (Å²) in [6.07, 6.45) is 5.78. The van der Waals surface area contributed by atoms with Crippen LogP contribution in [0.3, 0.4) is 0 Å². The summed E-state index contributed by atoms with van der Waals surface area (Å²) in [5, 5.41) is 18.5. The van der Waals surface area contributed by atoms with Crippen LogP contribution < -0.4 is 4.90 Å². The number of alkyl halides is 3. The highest BCUT2D eigenvalue weighted by atomic mass is 32.2. The highest BCUT2D eigenvalue weighted by Gasteiger charge is 2.38. The van der Waals surface area contributed by atoms with Gasteiger partial charge in [-0.05, 0) is 32.4 Å². The standard InChI is InChI=1S/C21H31N3O2S2.C2HF3O2/c1-4-5-6-7-8-13-24(18-10-9-12-22-15-18)14-11-17-16-27-20(23-17)28-21(2,3)19(25)26;3-2(4,5)1(6)7/h9-10,12,15-16H,4-8,11,13-14H2,1-3H3,(H,25,26);(H,6,7). The first-order valence-electron chi connectivity index (χ1n) is 11.2. The lowest BCUT2D eigenvalue weighted by Gasteiger charge is -2.24. The van der Waals surface area contributed by atoms with Gasteiger partial charge in [-0.25, -0.2) is 9.78 Å². The Balaban J connectivity index is 0.000000762. The second kappa shape index (κ2) is 14.9. The maximum atomic E-state index is 11.3. The fourth-order valence-corrected chi connectivity index (χ4v) is 5.00. The number of aliphatic carboxylic acids is 2. The van der Waals surface area contributed by atoms with Crippen molar-refractivity contribution in [3.05, 3.63) is 35.6 Å². The van der Waals surface area contributed by atoms with E-state index < -0.39 is 22.9 Å². The summed E-state index contributed by atoms with van der Waals surface area (Å²) >= 11 is 2.84. The third-order valence-electron chi connectivity index (χ3n) is 4.81. The third kappa shape index (κ3) is 12.3. The van der Waals surface area contributed by atoms with E-state index in [0.29, 0.717) is 0 Å². The molecular weight excluding hydrogens is 503 g/mol. The van der Waals surface area contributed by atoms with Crippen LogP contribution in [0.25, 0.3) is 0 Å². The number of carboxylic acid groups (broad SMARTS) is 2. The van der Waals surface area contributed by atoms with E-state index in [1.807, 2.05) is 17.6 Å². The minimum Gasteiger partial charge on any atom is -0.480 e. The topological polar surface area (TPSA) is 104 Å². The van der Waals surface area contributed by atoms with E-state index in [2.05, 4.69) is 27.9 Å². The summed E-state index contributed by atoms with van der Waals surface area (Å²) in [6, 6.07) is 4.09. The molecular formula is C23H32F3N3O4S2. The van der Waals surface area contributed by atoms with Gasteiger partial charge in [0, 0.05) is 31.1 Å². The van der Waals surface area contributed by atoms with E-state index >= 15 is 0 Å². The number of unbranched alkanes of at least 4 members (excludes halogenated alkanes) is 4. The molecule has 0 amide bonds. The number of rotatable bonds is 13. The second-order valence-electron chi connectivity index (χ2n) is 8.19. The molecule has 0 aliphatic rings. The number of halogens is 3. The first-order valence-corrected chi connectivity index (χ1v) is 12.9. The van der Waals surface area contributed by atoms with Gasteiger partial charge in [-0.3, -0.25) is 9.78 Å². The van der Waals surface area contributed by atoms with Crippen LogP contribution in [0.2, 0.25) is 0 Å². The molecule has 0 unspecified atom stereocenters. The fourth-order valence-electron chi connectivity index (χ4n) is 2.78. The smallest absolute Gasteiger partial charge is 0.480 e. The van der Waals surface area contributed by atoms with Crippen molar-refractivity contribution in [1.82, 2.24) is 9.97 Å². The Bertz CT molecular complexity index is 909. The Hall–Kier alpha value is -2.34. The van der Waals surface area contributed by atoms with Crippen molar-refractivity contribution in [2.45, 2.75) is 74.6 Å². The van der Waals surface area contributed by atoms with Crippen LogP contribution in [0.1, 0.15) is 58.6 Å². The summed E-state index contributed by atoms with van der Waals surface area (Å²) < 4.78 is 31.7. The number of thioether (sulfide) groups is 1. The van der Waals surface area contributed by atoms with Crippen molar-refractivity contribution in [2.24, 2.45) is 0 Å². The minimum absolute atomic E-state index is 0.815. The molecule has 0 aliphatic heterocycles. The lowest BCUT2D eigenvalue weighted by molar-refractivity contribution is -0.192. The zero-order chi connectivity index (χ0) is 26.5. The van der Waals surface area contributed by atoms with Gasteiger partial charge in [0.05, 0.1) is 17.6 Å². The number of carboxylic acids is 2. The van der Waals surface area contributed by atoms with Gasteiger partial charge in [0.25, 0.3) is 0 Å². The Kier molecular flexibility index (Phi) is 13.1. The number of anilines is 1. The number of pyridine rings is 1. The molecule has 2 rings (SSSR count). The zero-order valence-electron chi connectivity index (χ0n) is 20.0. The molecule has 2 aromatic rings. The number of aromatic nitrogens is 2. The van der Waals surface area contributed by atoms with E-state index in [9.17, 15) is 23.1 Å². The number of hydrogen-bond donors (Lipinski definition) is 2. The van der Waals surface area contributed by atoms with Gasteiger partial charge in [0.15, 0.2) is 4.34 Å². The zero-order valence-corrected chi connectivity index (χ0v) is 21.7. The minimum atomic E-state index is -5.08. The van der Waals surface area contributed by atoms with Gasteiger partial charge >= 0.3 is 18.1 Å². The number of hydrogen-bond acceptors (Lipinski definition) is 7. The van der Waals surface area contributed by atoms with Crippen LogP contribution in [0.5, 0.6) is 0 Å². The van der Waals surface area contributed by atoms with Crippen molar-refractivity contribution in [3.63, 3.8) is 0 Å². The highest BCUT2D eigenvalue weighted by molar-refractivity contribution is 8.02. The normalized spacial score (nSPS) is 11.5. The van der Waals surface area contributed by atoms with Crippen LogP contribution in [0, 0.1) is 0 Å². The quantitative estimate of drug-likeness (QED) is 0.233. The molecule has 0 aliphatic carbocycles. The summed E-state index contributed by atoms with van der Waals surface area (Å²) in [7, 11) is 0. The Morgan fingerprint density at radius 2 is 1.74 bits per heavy atom. The fraction of sp³-hybridized carbons (Fsp3) is 0.565. The van der Waals surface area contributed by atoms with Gasteiger partial charge in [0.2, 0.25) is 0 Å². The van der Waals surface area contributed by atoms with Crippen LogP contribution in [0.4, 0.5) is 18.9 Å². The molecule has 196 valence electrons. The first-order chi connectivity index (χ1) is 16.4. The first kappa shape index (κ1) is 30.7. The molecule has 0 bridgehead atoms. The summed E-state index contributed by atoms with van der Waals surface area (Å²) in [5.74, 6) is -3.58. The van der Waals surface area contributed by atoms with Gasteiger partial charge in [-0.2, -0.15) is 13.2 Å². The SMILES string of the molecule is CCCCCCCN(CCc1csc(SC(C)(C)C(=O)O)n1)c1cccnc1.O=C(O)C(F)(F)F. The summed E-state index contributed by atoms with van der Waals surface area (Å²) in [6.45, 7) is 7.57. The molecule has 2 aromatic heterocycles. The molecule has 2 N–H and O–H groups in total. The number of nitrogens with zero attached hydrogens (tertiary/aromatic N) is 3. The van der Waals surface area contributed by atoms with Gasteiger partial charge in [-0.15, -0.1) is 11.3 Å². The van der Waals surface area contributed by atoms with Crippen molar-refractivity contribution < 1.29 is 33.0 Å². The lowest BCUT2D eigenvalue weighted by atomic mass is 10.1. The molecule has 0 spiro atoms. The van der Waals surface area contributed by atoms with E-state index in [-0.39, 0.29) is 0 Å². The molecule has 35 heavy (non-hydrogen) atoms. The molecule has 0 saturated heterocycles. The van der Waals surface area contributed by atoms with Crippen molar-refractivity contribution in [1.29, 1.82) is 0 Å². The van der Waals surface area contributed by atoms with E-state index in [4.69, 9.17) is 9.90 Å². The summed E-state index contributed by atoms with van der Waals surface area (Å²) in [5.41, 5.74) is 2.17. The average Bonchev–Trinajstić information content (AvgIpc) is 3.22. The third-order valence-corrected chi connectivity index (χ3v) is 6.98. The molecule has 0 fully saturated rings. The van der Waals surface area contributed by atoms with E-state index in [1.165, 1.54) is 55.2 Å². The molecule has 7 nitrogen and oxygen atoms in total. The van der Waals surface area contributed by atoms with Crippen molar-refractivity contribution >= 4 is 40.7 Å². The predicted molar refractivity (Wildman–Crippen MR) is 132 cm³/mol. The van der Waals surface area contributed by atoms with Crippen LogP contribution in [-0.4, -0.2) is 56.1 Å². The predicted octanol–water partition coefficient (Wildman–Crippen LogP) is 6.15. The molecule has 0 atom stereocenters. The largest absolute Gasteiger partial charge is 0.490 e. The molecule has 0 aromatic carbocycles. The summed E-state index contributed by atoms with van der Waals surface area (Å²) in [4.78, 5) is 31.5. The number of carbonyl (C=O) groups is 2. The van der Waals surface area contributed by atoms with E-state index in [1.54, 1.807) is 20.0 Å². The van der Waals surface area contributed by atoms with Crippen LogP contribution >= 0.6 is 23.1 Å². The van der Waals surface area contributed by atoms with E-state index in [0.717, 1.165) is 35.2 Å². The Morgan fingerprint density at radius 1 is 1.09 bits per heavy atom. The Labute approximate surface area is 211 Å². The highest BCUT2D eigenvalue weighted by Crippen LogP contribution is 2.34. The molecule has 0 saturated carbocycles. The van der Waals surface area contributed by atoms with Gasteiger partial charge < -0.3 is 15.1 Å². The Morgan fingerprint density at radius 3 is 2.29 bits per heavy atom. The lowest BCUT2D eigenvalue weighted by Crippen LogP contribution is -2.27. The van der Waals surface area contributed by atoms with Crippen molar-refractivity contribution in [2.75, 3.05) is 18.0 Å². The van der Waals surface area contributed by atoms with Crippen molar-refractivity contribution in [3.8, 4) is 0 Å². The second-order valence-corrected chi connectivity index (χ2v) is 10.9. The van der Waals surface area contributed by atoms with Gasteiger partial charge in [0.1, 0.15) is 4.75 Å². The average molecular weight is 536 g/mol. The maximum Gasteiger partial charge on any atom is 0.490 e. The maximum absolute atomic E-state index is 11.3. The van der Waals surface area contributed by atoms with Crippen LogP contribution in [-0.2, 0) is 16.0 Å². The molecule has 2 heterocycles. The molecule has 12 heteroatoms. The number of thiazole rings is 1. The molecule has 0 radical (unpaired) electrons. The van der Waals surface area contributed by atoms with Gasteiger partial charge in [-0.1, -0.05) is 44.4 Å². The monoisotopic (exact) mass is 535 g/mol.